The number of anilines is 2. The van der Waals surface area contributed by atoms with E-state index in [1.54, 1.807) is 6.07 Å². The number of aromatic nitrogens is 3. The van der Waals surface area contributed by atoms with Crippen LogP contribution in [-0.2, 0) is 11.3 Å². The Hall–Kier alpha value is -3.61. The van der Waals surface area contributed by atoms with Gasteiger partial charge in [-0.15, -0.1) is 0 Å². The summed E-state index contributed by atoms with van der Waals surface area (Å²) < 4.78 is 91.0. The Morgan fingerprint density at radius 2 is 1.44 bits per heavy atom. The quantitative estimate of drug-likeness (QED) is 0.215. The summed E-state index contributed by atoms with van der Waals surface area (Å²) in [5, 5.41) is 5.45. The summed E-state index contributed by atoms with van der Waals surface area (Å²) in [5.41, 5.74) is 0.515. The molecule has 0 fully saturated rings. The molecular formula is C19H15F6N5O2. The number of methoxy groups -OCH3 is 1. The molecule has 2 aromatic carbocycles. The van der Waals surface area contributed by atoms with Gasteiger partial charge in [-0.05, 0) is 17.7 Å². The fourth-order valence-corrected chi connectivity index (χ4v) is 2.42. The highest BCUT2D eigenvalue weighted by atomic mass is 19.2. The summed E-state index contributed by atoms with van der Waals surface area (Å²) in [7, 11) is 1.44. The van der Waals surface area contributed by atoms with Gasteiger partial charge in [-0.1, -0.05) is 12.1 Å². The van der Waals surface area contributed by atoms with Gasteiger partial charge in [0.2, 0.25) is 46.7 Å². The maximum atomic E-state index is 13.9. The second-order valence-electron chi connectivity index (χ2n) is 6.17. The van der Waals surface area contributed by atoms with E-state index in [1.807, 2.05) is 0 Å². The average molecular weight is 459 g/mol. The van der Waals surface area contributed by atoms with Crippen molar-refractivity contribution in [1.82, 2.24) is 15.0 Å². The molecule has 7 nitrogen and oxygen atoms in total. The van der Waals surface area contributed by atoms with Crippen molar-refractivity contribution in [3.8, 4) is 11.8 Å². The monoisotopic (exact) mass is 459 g/mol. The minimum atomic E-state index is -2.33. The van der Waals surface area contributed by atoms with E-state index < -0.39 is 46.7 Å². The molecule has 0 saturated heterocycles. The van der Waals surface area contributed by atoms with E-state index in [0.29, 0.717) is 5.56 Å². The Balaban J connectivity index is 1.91. The first-order valence-corrected chi connectivity index (χ1v) is 8.96. The van der Waals surface area contributed by atoms with Gasteiger partial charge in [-0.3, -0.25) is 0 Å². The van der Waals surface area contributed by atoms with Gasteiger partial charge >= 0.3 is 6.01 Å². The number of benzene rings is 2. The van der Waals surface area contributed by atoms with Gasteiger partial charge in [-0.25, -0.2) is 17.6 Å². The fourth-order valence-electron chi connectivity index (χ4n) is 2.42. The molecule has 0 saturated carbocycles. The number of rotatable bonds is 9. The number of ether oxygens (including phenoxy) is 2. The number of hydrogen-bond donors (Lipinski definition) is 2. The predicted octanol–water partition coefficient (Wildman–Crippen LogP) is 4.17. The van der Waals surface area contributed by atoms with Crippen molar-refractivity contribution in [1.29, 1.82) is 0 Å². The van der Waals surface area contributed by atoms with E-state index in [-0.39, 0.29) is 31.6 Å². The lowest BCUT2D eigenvalue weighted by molar-refractivity contribution is 0.210. The third-order valence-electron chi connectivity index (χ3n) is 3.91. The van der Waals surface area contributed by atoms with Crippen molar-refractivity contribution < 1.29 is 35.8 Å². The van der Waals surface area contributed by atoms with Crippen LogP contribution in [0.1, 0.15) is 5.56 Å². The lowest BCUT2D eigenvalue weighted by Gasteiger charge is -2.12. The molecule has 32 heavy (non-hydrogen) atoms. The molecule has 3 aromatic rings. The molecule has 0 spiro atoms. The normalized spacial score (nSPS) is 10.8. The molecule has 2 N–H and O–H groups in total. The van der Waals surface area contributed by atoms with Crippen LogP contribution >= 0.6 is 0 Å². The third-order valence-corrected chi connectivity index (χ3v) is 3.91. The molecule has 1 aromatic heterocycles. The predicted molar refractivity (Wildman–Crippen MR) is 100 cm³/mol. The van der Waals surface area contributed by atoms with Crippen LogP contribution in [0, 0.1) is 34.9 Å². The van der Waals surface area contributed by atoms with Crippen LogP contribution in [-0.4, -0.2) is 35.2 Å². The zero-order valence-electron chi connectivity index (χ0n) is 16.4. The molecule has 0 unspecified atom stereocenters. The van der Waals surface area contributed by atoms with Crippen LogP contribution < -0.4 is 15.4 Å². The molecular weight excluding hydrogens is 444 g/mol. The summed E-state index contributed by atoms with van der Waals surface area (Å²) >= 11 is 0. The summed E-state index contributed by atoms with van der Waals surface area (Å²) in [4.78, 5) is 11.5. The molecule has 0 atom stereocenters. The summed E-state index contributed by atoms with van der Waals surface area (Å²) in [5.74, 6) is -13.5. The molecule has 170 valence electrons. The second-order valence-corrected chi connectivity index (χ2v) is 6.17. The van der Waals surface area contributed by atoms with E-state index >= 15 is 0 Å². The number of nitrogens with one attached hydrogen (secondary N) is 2. The molecule has 0 bridgehead atoms. The molecule has 0 aliphatic carbocycles. The van der Waals surface area contributed by atoms with Crippen LogP contribution in [0.5, 0.6) is 11.8 Å². The fraction of sp³-hybridized carbons (Fsp3) is 0.211. The van der Waals surface area contributed by atoms with Gasteiger partial charge in [0.25, 0.3) is 0 Å². The van der Waals surface area contributed by atoms with Crippen molar-refractivity contribution in [2.45, 2.75) is 6.54 Å². The van der Waals surface area contributed by atoms with Crippen LogP contribution in [0.25, 0.3) is 0 Å². The van der Waals surface area contributed by atoms with E-state index in [1.165, 1.54) is 25.3 Å². The molecule has 1 heterocycles. The van der Waals surface area contributed by atoms with Crippen molar-refractivity contribution in [3.63, 3.8) is 0 Å². The van der Waals surface area contributed by atoms with Gasteiger partial charge < -0.3 is 20.1 Å². The van der Waals surface area contributed by atoms with E-state index in [9.17, 15) is 26.3 Å². The van der Waals surface area contributed by atoms with Crippen LogP contribution in [0.2, 0.25) is 0 Å². The summed E-state index contributed by atoms with van der Waals surface area (Å²) in [6, 6.07) is 4.83. The molecule has 0 aliphatic rings. The number of hydrogen-bond acceptors (Lipinski definition) is 7. The topological polar surface area (TPSA) is 81.2 Å². The number of halogens is 6. The second kappa shape index (κ2) is 10.1. The van der Waals surface area contributed by atoms with Crippen molar-refractivity contribution in [3.05, 3.63) is 64.7 Å². The largest absolute Gasteiger partial charge is 0.418 e. The minimum absolute atomic E-state index is 0.0429. The van der Waals surface area contributed by atoms with Crippen LogP contribution in [0.15, 0.2) is 24.3 Å². The Morgan fingerprint density at radius 1 is 0.812 bits per heavy atom. The standard InChI is InChI=1S/C19H15F6N5O2/c1-31-6-5-26-17-28-18(27-8-9-3-2-4-10(20)7-9)30-19(29-17)32-16-14(24)12(22)11(21)13(23)15(16)25/h2-4,7H,5-6,8H2,1H3,(H2,26,27,28,29,30). The van der Waals surface area contributed by atoms with E-state index in [2.05, 4.69) is 25.6 Å². The molecule has 13 heteroatoms. The lowest BCUT2D eigenvalue weighted by atomic mass is 10.2. The first-order valence-electron chi connectivity index (χ1n) is 8.96. The van der Waals surface area contributed by atoms with Crippen molar-refractivity contribution >= 4 is 11.9 Å². The Labute approximate surface area is 177 Å². The van der Waals surface area contributed by atoms with Crippen LogP contribution in [0.4, 0.5) is 38.2 Å². The Bertz CT molecular complexity index is 1090. The minimum Gasteiger partial charge on any atom is -0.418 e. The van der Waals surface area contributed by atoms with Gasteiger partial charge in [-0.2, -0.15) is 23.7 Å². The third kappa shape index (κ3) is 5.35. The zero-order valence-corrected chi connectivity index (χ0v) is 16.4. The molecule has 0 aliphatic heterocycles. The smallest absolute Gasteiger partial charge is 0.328 e. The lowest BCUT2D eigenvalue weighted by Crippen LogP contribution is -2.14. The maximum Gasteiger partial charge on any atom is 0.328 e. The highest BCUT2D eigenvalue weighted by Crippen LogP contribution is 2.32. The van der Waals surface area contributed by atoms with Crippen molar-refractivity contribution in [2.75, 3.05) is 30.9 Å². The first-order chi connectivity index (χ1) is 15.3. The van der Waals surface area contributed by atoms with E-state index in [4.69, 9.17) is 9.47 Å². The SMILES string of the molecule is COCCNc1nc(NCc2cccc(F)c2)nc(Oc2c(F)c(F)c(F)c(F)c2F)n1. The Morgan fingerprint density at radius 3 is 2.06 bits per heavy atom. The molecule has 0 radical (unpaired) electrons. The molecule has 3 rings (SSSR count). The van der Waals surface area contributed by atoms with Gasteiger partial charge in [0.1, 0.15) is 5.82 Å². The van der Waals surface area contributed by atoms with Gasteiger partial charge in [0.05, 0.1) is 6.61 Å². The summed E-state index contributed by atoms with van der Waals surface area (Å²) in [6.45, 7) is 0.499. The van der Waals surface area contributed by atoms with Gasteiger partial charge in [0, 0.05) is 20.2 Å². The highest BCUT2D eigenvalue weighted by Gasteiger charge is 2.28. The Kier molecular flexibility index (Phi) is 7.30. The molecule has 0 amide bonds. The average Bonchev–Trinajstić information content (AvgIpc) is 2.78. The number of nitrogens with zero attached hydrogens (tertiary/aromatic N) is 3. The van der Waals surface area contributed by atoms with Crippen molar-refractivity contribution in [2.24, 2.45) is 0 Å². The van der Waals surface area contributed by atoms with Crippen LogP contribution in [0.3, 0.4) is 0 Å². The van der Waals surface area contributed by atoms with E-state index in [0.717, 1.165) is 0 Å². The first kappa shape index (κ1) is 23.1. The maximum absolute atomic E-state index is 13.9. The zero-order chi connectivity index (χ0) is 23.3. The summed E-state index contributed by atoms with van der Waals surface area (Å²) in [6.07, 6.45) is 0. The van der Waals surface area contributed by atoms with Gasteiger partial charge in [0.15, 0.2) is 0 Å². The highest BCUT2D eigenvalue weighted by molar-refractivity contribution is 5.39.